The number of ether oxygens (including phenoxy) is 3. The maximum Gasteiger partial charge on any atom is 0.164 e. The molecule has 0 aromatic heterocycles. The van der Waals surface area contributed by atoms with Crippen molar-refractivity contribution in [3.8, 4) is 11.5 Å². The molecule has 0 spiro atoms. The minimum absolute atomic E-state index is 0.144. The van der Waals surface area contributed by atoms with Gasteiger partial charge in [-0.2, -0.15) is 0 Å². The topological polar surface area (TPSA) is 39.7 Å². The van der Waals surface area contributed by atoms with Crippen LogP contribution in [0.15, 0.2) is 18.2 Å². The molecule has 2 unspecified atom stereocenters. The Kier molecular flexibility index (Phi) is 4.99. The van der Waals surface area contributed by atoms with Gasteiger partial charge in [0.15, 0.2) is 11.5 Å². The van der Waals surface area contributed by atoms with E-state index in [1.807, 2.05) is 12.1 Å². The van der Waals surface area contributed by atoms with Crippen molar-refractivity contribution in [2.45, 2.75) is 44.2 Å². The molecule has 4 nitrogen and oxygen atoms in total. The molecule has 21 heavy (non-hydrogen) atoms. The molecule has 2 heterocycles. The van der Waals surface area contributed by atoms with Crippen molar-refractivity contribution in [1.29, 1.82) is 0 Å². The van der Waals surface area contributed by atoms with Gasteiger partial charge in [-0.3, -0.25) is 0 Å². The van der Waals surface area contributed by atoms with Gasteiger partial charge in [-0.05, 0) is 50.3 Å². The lowest BCUT2D eigenvalue weighted by atomic mass is 10.0. The Morgan fingerprint density at radius 3 is 2.95 bits per heavy atom. The molecule has 0 radical (unpaired) electrons. The zero-order valence-electron chi connectivity index (χ0n) is 12.8. The Labute approximate surface area is 126 Å². The van der Waals surface area contributed by atoms with Gasteiger partial charge < -0.3 is 19.5 Å². The van der Waals surface area contributed by atoms with E-state index >= 15 is 0 Å². The summed E-state index contributed by atoms with van der Waals surface area (Å²) in [6.45, 7) is 2.66. The Bertz CT molecular complexity index is 451. The SMILES string of the molecule is COc1cccc(CC2CCCN2)c1OC1CCCOC1. The molecule has 2 atom stereocenters. The maximum absolute atomic E-state index is 6.24. The van der Waals surface area contributed by atoms with Crippen LogP contribution in [0.2, 0.25) is 0 Å². The zero-order valence-corrected chi connectivity index (χ0v) is 12.8. The largest absolute Gasteiger partial charge is 0.493 e. The van der Waals surface area contributed by atoms with Crippen LogP contribution in [0.25, 0.3) is 0 Å². The van der Waals surface area contributed by atoms with E-state index in [2.05, 4.69) is 11.4 Å². The quantitative estimate of drug-likeness (QED) is 0.905. The predicted molar refractivity (Wildman–Crippen MR) is 82.2 cm³/mol. The van der Waals surface area contributed by atoms with E-state index in [0.717, 1.165) is 43.9 Å². The molecule has 2 saturated heterocycles. The maximum atomic E-state index is 6.24. The highest BCUT2D eigenvalue weighted by atomic mass is 16.5. The molecule has 116 valence electrons. The summed E-state index contributed by atoms with van der Waals surface area (Å²) in [7, 11) is 1.71. The minimum Gasteiger partial charge on any atom is -0.493 e. The van der Waals surface area contributed by atoms with Crippen LogP contribution in [0.4, 0.5) is 0 Å². The molecular weight excluding hydrogens is 266 g/mol. The lowest BCUT2D eigenvalue weighted by Crippen LogP contribution is -2.29. The van der Waals surface area contributed by atoms with Gasteiger partial charge in [0.25, 0.3) is 0 Å². The van der Waals surface area contributed by atoms with Gasteiger partial charge in [0.2, 0.25) is 0 Å². The van der Waals surface area contributed by atoms with Crippen molar-refractivity contribution in [3.05, 3.63) is 23.8 Å². The molecule has 1 N–H and O–H groups in total. The van der Waals surface area contributed by atoms with E-state index < -0.39 is 0 Å². The third-order valence-corrected chi connectivity index (χ3v) is 4.31. The van der Waals surface area contributed by atoms with E-state index in [9.17, 15) is 0 Å². The Morgan fingerprint density at radius 1 is 1.29 bits per heavy atom. The fourth-order valence-electron chi connectivity index (χ4n) is 3.18. The highest BCUT2D eigenvalue weighted by Gasteiger charge is 2.22. The zero-order chi connectivity index (χ0) is 14.5. The molecule has 0 aliphatic carbocycles. The second kappa shape index (κ2) is 7.14. The van der Waals surface area contributed by atoms with Gasteiger partial charge in [0, 0.05) is 12.6 Å². The third-order valence-electron chi connectivity index (χ3n) is 4.31. The Balaban J connectivity index is 1.77. The molecule has 2 aliphatic heterocycles. The fourth-order valence-corrected chi connectivity index (χ4v) is 3.18. The molecule has 1 aromatic rings. The molecule has 0 saturated carbocycles. The Hall–Kier alpha value is -1.26. The predicted octanol–water partition coefficient (Wildman–Crippen LogP) is 2.55. The first-order chi connectivity index (χ1) is 10.4. The summed E-state index contributed by atoms with van der Waals surface area (Å²) in [4.78, 5) is 0. The molecule has 4 heteroatoms. The van der Waals surface area contributed by atoms with Crippen LogP contribution < -0.4 is 14.8 Å². The summed E-state index contributed by atoms with van der Waals surface area (Å²) >= 11 is 0. The summed E-state index contributed by atoms with van der Waals surface area (Å²) in [5, 5.41) is 3.55. The van der Waals surface area contributed by atoms with Gasteiger partial charge >= 0.3 is 0 Å². The van der Waals surface area contributed by atoms with Gasteiger partial charge in [-0.25, -0.2) is 0 Å². The number of para-hydroxylation sites is 1. The molecule has 0 bridgehead atoms. The van der Waals surface area contributed by atoms with E-state index in [4.69, 9.17) is 14.2 Å². The lowest BCUT2D eigenvalue weighted by molar-refractivity contribution is 0.00600. The average Bonchev–Trinajstić information content (AvgIpc) is 3.03. The van der Waals surface area contributed by atoms with Crippen molar-refractivity contribution in [1.82, 2.24) is 5.32 Å². The molecule has 1 aromatic carbocycles. The highest BCUT2D eigenvalue weighted by Crippen LogP contribution is 2.34. The highest BCUT2D eigenvalue weighted by molar-refractivity contribution is 5.47. The molecular formula is C17H25NO3. The number of nitrogens with one attached hydrogen (secondary N) is 1. The Morgan fingerprint density at radius 2 is 2.24 bits per heavy atom. The number of hydrogen-bond acceptors (Lipinski definition) is 4. The molecule has 2 aliphatic rings. The second-order valence-corrected chi connectivity index (χ2v) is 5.90. The van der Waals surface area contributed by atoms with Crippen LogP contribution >= 0.6 is 0 Å². The second-order valence-electron chi connectivity index (χ2n) is 5.90. The van der Waals surface area contributed by atoms with E-state index in [0.29, 0.717) is 12.6 Å². The number of methoxy groups -OCH3 is 1. The number of benzene rings is 1. The van der Waals surface area contributed by atoms with Crippen LogP contribution in [0, 0.1) is 0 Å². The summed E-state index contributed by atoms with van der Waals surface area (Å²) < 4.78 is 17.3. The van der Waals surface area contributed by atoms with Crippen molar-refractivity contribution < 1.29 is 14.2 Å². The number of rotatable bonds is 5. The summed E-state index contributed by atoms with van der Waals surface area (Å²) in [6, 6.07) is 6.74. The van der Waals surface area contributed by atoms with Crippen LogP contribution in [-0.4, -0.2) is 39.0 Å². The van der Waals surface area contributed by atoms with Gasteiger partial charge in [-0.1, -0.05) is 12.1 Å². The first-order valence-electron chi connectivity index (χ1n) is 8.00. The lowest BCUT2D eigenvalue weighted by Gasteiger charge is -2.26. The average molecular weight is 291 g/mol. The van der Waals surface area contributed by atoms with Gasteiger partial charge in [0.05, 0.1) is 13.7 Å². The minimum atomic E-state index is 0.144. The summed E-state index contributed by atoms with van der Waals surface area (Å²) in [6.07, 6.45) is 5.77. The van der Waals surface area contributed by atoms with Crippen LogP contribution in [0.5, 0.6) is 11.5 Å². The molecule has 3 rings (SSSR count). The normalized spacial score (nSPS) is 25.8. The van der Waals surface area contributed by atoms with Crippen LogP contribution in [0.1, 0.15) is 31.2 Å². The van der Waals surface area contributed by atoms with Crippen molar-refractivity contribution in [2.24, 2.45) is 0 Å². The smallest absolute Gasteiger partial charge is 0.164 e. The first kappa shape index (κ1) is 14.7. The van der Waals surface area contributed by atoms with E-state index in [-0.39, 0.29) is 6.10 Å². The van der Waals surface area contributed by atoms with Crippen LogP contribution in [0.3, 0.4) is 0 Å². The van der Waals surface area contributed by atoms with Crippen LogP contribution in [-0.2, 0) is 11.2 Å². The van der Waals surface area contributed by atoms with Gasteiger partial charge in [0.1, 0.15) is 6.10 Å². The summed E-state index contributed by atoms with van der Waals surface area (Å²) in [5.74, 6) is 1.74. The van der Waals surface area contributed by atoms with Crippen molar-refractivity contribution in [3.63, 3.8) is 0 Å². The number of hydrogen-bond donors (Lipinski definition) is 1. The summed E-state index contributed by atoms with van der Waals surface area (Å²) in [5.41, 5.74) is 1.24. The third kappa shape index (κ3) is 3.69. The fraction of sp³-hybridized carbons (Fsp3) is 0.647. The van der Waals surface area contributed by atoms with Crippen molar-refractivity contribution >= 4 is 0 Å². The standard InChI is InChI=1S/C17H25NO3/c1-19-16-8-2-5-13(11-14-6-3-9-18-14)17(16)21-15-7-4-10-20-12-15/h2,5,8,14-15,18H,3-4,6-7,9-12H2,1H3. The monoisotopic (exact) mass is 291 g/mol. The van der Waals surface area contributed by atoms with E-state index in [1.165, 1.54) is 18.4 Å². The molecule has 0 amide bonds. The molecule has 2 fully saturated rings. The van der Waals surface area contributed by atoms with Gasteiger partial charge in [-0.15, -0.1) is 0 Å². The van der Waals surface area contributed by atoms with Crippen molar-refractivity contribution in [2.75, 3.05) is 26.9 Å². The van der Waals surface area contributed by atoms with E-state index in [1.54, 1.807) is 7.11 Å². The first-order valence-corrected chi connectivity index (χ1v) is 8.00.